The Hall–Kier alpha value is -0.390. The molecule has 0 radical (unpaired) electrons. The van der Waals surface area contributed by atoms with E-state index in [0.29, 0.717) is 0 Å². The zero-order chi connectivity index (χ0) is 10.5. The summed E-state index contributed by atoms with van der Waals surface area (Å²) in [4.78, 5) is 9.35. The van der Waals surface area contributed by atoms with E-state index in [2.05, 4.69) is 18.2 Å². The van der Waals surface area contributed by atoms with Crippen molar-refractivity contribution in [2.24, 2.45) is 0 Å². The average molecular weight is 222 g/mol. The highest BCUT2D eigenvalue weighted by Crippen LogP contribution is 2.21. The minimum atomic E-state index is -0.0386. The van der Waals surface area contributed by atoms with Gasteiger partial charge >= 0.3 is 0 Å². The van der Waals surface area contributed by atoms with Gasteiger partial charge in [-0.25, -0.2) is 0 Å². The van der Waals surface area contributed by atoms with Gasteiger partial charge in [-0.3, -0.25) is 0 Å². The molecule has 1 N–H and O–H groups in total. The van der Waals surface area contributed by atoms with E-state index in [4.69, 9.17) is 0 Å². The van der Waals surface area contributed by atoms with Crippen molar-refractivity contribution in [3.05, 3.63) is 29.3 Å². The van der Waals surface area contributed by atoms with Gasteiger partial charge in [0.15, 0.2) is 0 Å². The first-order chi connectivity index (χ1) is 7.42. The lowest BCUT2D eigenvalue weighted by atomic mass is 10.00. The van der Waals surface area contributed by atoms with Crippen LogP contribution in [0, 0.1) is 0 Å². The smallest absolute Gasteiger partial charge is 0.0422 e. The summed E-state index contributed by atoms with van der Waals surface area (Å²) < 4.78 is 0. The zero-order valence-corrected chi connectivity index (χ0v) is 10.1. The van der Waals surface area contributed by atoms with Gasteiger partial charge in [0, 0.05) is 14.1 Å². The second-order valence-electron chi connectivity index (χ2n) is 4.32. The van der Waals surface area contributed by atoms with E-state index < -0.39 is 0 Å². The molecule has 1 atom stereocenters. The molecular formula is C13H19OP. The summed E-state index contributed by atoms with van der Waals surface area (Å²) in [5, 5.41) is 1.18. The fourth-order valence-corrected chi connectivity index (χ4v) is 3.01. The van der Waals surface area contributed by atoms with Crippen molar-refractivity contribution in [1.29, 1.82) is 0 Å². The van der Waals surface area contributed by atoms with Gasteiger partial charge in [-0.2, -0.15) is 0 Å². The van der Waals surface area contributed by atoms with E-state index >= 15 is 0 Å². The molecule has 15 heavy (non-hydrogen) atoms. The Morgan fingerprint density at radius 1 is 0.933 bits per heavy atom. The topological polar surface area (TPSA) is 20.2 Å². The SMILES string of the molecule is OPc1cccc2c1CCCCCCC2. The molecule has 1 aliphatic carbocycles. The third kappa shape index (κ3) is 2.80. The molecule has 0 bridgehead atoms. The molecule has 1 nitrogen and oxygen atoms in total. The molecule has 0 amide bonds. The van der Waals surface area contributed by atoms with Gasteiger partial charge < -0.3 is 4.89 Å². The van der Waals surface area contributed by atoms with Crippen molar-refractivity contribution in [2.45, 2.75) is 44.9 Å². The first-order valence-corrected chi connectivity index (χ1v) is 6.87. The van der Waals surface area contributed by atoms with Gasteiger partial charge in [-0.15, -0.1) is 0 Å². The van der Waals surface area contributed by atoms with Crippen LogP contribution in [0.25, 0.3) is 0 Å². The molecule has 0 spiro atoms. The largest absolute Gasteiger partial charge is 0.372 e. The van der Waals surface area contributed by atoms with Gasteiger partial charge in [0.1, 0.15) is 0 Å². The van der Waals surface area contributed by atoms with Crippen molar-refractivity contribution in [3.8, 4) is 0 Å². The molecule has 2 rings (SSSR count). The minimum Gasteiger partial charge on any atom is -0.372 e. The Labute approximate surface area is 93.8 Å². The van der Waals surface area contributed by atoms with Gasteiger partial charge in [0.2, 0.25) is 0 Å². The summed E-state index contributed by atoms with van der Waals surface area (Å²) in [5.41, 5.74) is 2.93. The van der Waals surface area contributed by atoms with E-state index in [1.54, 1.807) is 0 Å². The van der Waals surface area contributed by atoms with Crippen molar-refractivity contribution < 1.29 is 4.89 Å². The van der Waals surface area contributed by atoms with Crippen LogP contribution in [0.5, 0.6) is 0 Å². The van der Waals surface area contributed by atoms with Crippen molar-refractivity contribution >= 4 is 14.1 Å². The zero-order valence-electron chi connectivity index (χ0n) is 9.13. The maximum Gasteiger partial charge on any atom is 0.0422 e. The van der Waals surface area contributed by atoms with Gasteiger partial charge in [-0.05, 0) is 36.8 Å². The average Bonchev–Trinajstić information content (AvgIpc) is 2.39. The molecule has 0 aromatic heterocycles. The lowest BCUT2D eigenvalue weighted by molar-refractivity contribution is 0.629. The standard InChI is InChI=1S/C13H19OP/c14-15-13-10-6-8-11-7-4-2-1-3-5-9-12(11)13/h6,8,10,14-15H,1-5,7,9H2. The molecular weight excluding hydrogens is 203 g/mol. The molecule has 0 fully saturated rings. The molecule has 82 valence electrons. The maximum absolute atomic E-state index is 9.35. The number of benzene rings is 1. The molecule has 1 aromatic rings. The summed E-state index contributed by atoms with van der Waals surface area (Å²) in [7, 11) is -0.0386. The highest BCUT2D eigenvalue weighted by molar-refractivity contribution is 7.41. The van der Waals surface area contributed by atoms with Crippen LogP contribution in [-0.4, -0.2) is 4.89 Å². The molecule has 0 saturated heterocycles. The van der Waals surface area contributed by atoms with E-state index in [9.17, 15) is 4.89 Å². The summed E-state index contributed by atoms with van der Waals surface area (Å²) >= 11 is 0. The third-order valence-corrected chi connectivity index (χ3v) is 3.98. The number of rotatable bonds is 1. The molecule has 2 heteroatoms. The first-order valence-electron chi connectivity index (χ1n) is 5.92. The molecule has 1 unspecified atom stereocenters. The van der Waals surface area contributed by atoms with Gasteiger partial charge in [-0.1, -0.05) is 37.5 Å². The Bertz CT molecular complexity index is 322. The van der Waals surface area contributed by atoms with E-state index in [1.807, 2.05) is 0 Å². The maximum atomic E-state index is 9.35. The van der Waals surface area contributed by atoms with Gasteiger partial charge in [0.05, 0.1) is 0 Å². The predicted octanol–water partition coefficient (Wildman–Crippen LogP) is 2.95. The lowest BCUT2D eigenvalue weighted by Gasteiger charge is -2.11. The van der Waals surface area contributed by atoms with Crippen LogP contribution in [0.4, 0.5) is 0 Å². The summed E-state index contributed by atoms with van der Waals surface area (Å²) in [5.74, 6) is 0. The van der Waals surface area contributed by atoms with Gasteiger partial charge in [0.25, 0.3) is 0 Å². The Kier molecular flexibility index (Phi) is 4.17. The number of fused-ring (bicyclic) bond motifs is 1. The second-order valence-corrected chi connectivity index (χ2v) is 5.09. The Morgan fingerprint density at radius 3 is 2.47 bits per heavy atom. The summed E-state index contributed by atoms with van der Waals surface area (Å²) in [6.07, 6.45) is 9.06. The second kappa shape index (κ2) is 5.63. The van der Waals surface area contributed by atoms with E-state index in [0.717, 1.165) is 0 Å². The van der Waals surface area contributed by atoms with Crippen LogP contribution in [0.1, 0.15) is 43.2 Å². The van der Waals surface area contributed by atoms with Crippen LogP contribution >= 0.6 is 8.81 Å². The van der Waals surface area contributed by atoms with E-state index in [1.165, 1.54) is 61.4 Å². The van der Waals surface area contributed by atoms with Crippen LogP contribution in [-0.2, 0) is 12.8 Å². The molecule has 1 aliphatic rings. The fourth-order valence-electron chi connectivity index (χ4n) is 2.42. The quantitative estimate of drug-likeness (QED) is 0.724. The minimum absolute atomic E-state index is 0.0386. The normalized spacial score (nSPS) is 18.2. The number of aryl methyl sites for hydroxylation is 1. The highest BCUT2D eigenvalue weighted by atomic mass is 31.1. The molecule has 0 heterocycles. The van der Waals surface area contributed by atoms with E-state index in [-0.39, 0.29) is 8.81 Å². The van der Waals surface area contributed by atoms with Crippen molar-refractivity contribution in [2.75, 3.05) is 0 Å². The Balaban J connectivity index is 2.28. The molecule has 0 aliphatic heterocycles. The Morgan fingerprint density at radius 2 is 1.67 bits per heavy atom. The monoisotopic (exact) mass is 222 g/mol. The lowest BCUT2D eigenvalue weighted by Crippen LogP contribution is -2.08. The highest BCUT2D eigenvalue weighted by Gasteiger charge is 2.09. The summed E-state index contributed by atoms with van der Waals surface area (Å²) in [6.45, 7) is 0. The fraction of sp³-hybridized carbons (Fsp3) is 0.538. The third-order valence-electron chi connectivity index (χ3n) is 3.27. The van der Waals surface area contributed by atoms with Crippen LogP contribution in [0.15, 0.2) is 18.2 Å². The van der Waals surface area contributed by atoms with Crippen molar-refractivity contribution in [3.63, 3.8) is 0 Å². The number of hydrogen-bond donors (Lipinski definition) is 1. The molecule has 0 saturated carbocycles. The predicted molar refractivity (Wildman–Crippen MR) is 67.1 cm³/mol. The molecule has 1 aromatic carbocycles. The van der Waals surface area contributed by atoms with Crippen LogP contribution in [0.2, 0.25) is 0 Å². The summed E-state index contributed by atoms with van der Waals surface area (Å²) in [6, 6.07) is 6.41. The number of hydrogen-bond acceptors (Lipinski definition) is 1. The van der Waals surface area contributed by atoms with Crippen LogP contribution in [0.3, 0.4) is 0 Å². The first kappa shape index (κ1) is 11.1. The van der Waals surface area contributed by atoms with Crippen LogP contribution < -0.4 is 5.30 Å². The van der Waals surface area contributed by atoms with Crippen molar-refractivity contribution in [1.82, 2.24) is 0 Å².